The van der Waals surface area contributed by atoms with E-state index < -0.39 is 6.09 Å². The van der Waals surface area contributed by atoms with Crippen LogP contribution in [0.1, 0.15) is 23.4 Å². The van der Waals surface area contributed by atoms with Crippen molar-refractivity contribution >= 4 is 22.8 Å². The summed E-state index contributed by atoms with van der Waals surface area (Å²) < 4.78 is 3.27. The number of amides is 1. The number of rotatable bonds is 2. The first-order chi connectivity index (χ1) is 14.9. The van der Waals surface area contributed by atoms with Gasteiger partial charge in [0.25, 0.3) is 5.56 Å². The van der Waals surface area contributed by atoms with Crippen molar-refractivity contribution in [2.24, 2.45) is 0 Å². The molecule has 0 spiro atoms. The van der Waals surface area contributed by atoms with Crippen LogP contribution in [0.3, 0.4) is 0 Å². The standard InChI is InChI=1S/C22H20N6O3/c1-13-11-28-19(14(2)23-13)9-18(25-28)17-10-21(29)27-12-16(3-4-20(27)24-17)15-5-7-26(8-6-15)22(30)31/h3-5,9-12H,6-8H2,1-2H3,(H,30,31). The van der Waals surface area contributed by atoms with Crippen LogP contribution in [-0.4, -0.2) is 53.2 Å². The average molecular weight is 416 g/mol. The van der Waals surface area contributed by atoms with E-state index in [4.69, 9.17) is 5.11 Å². The molecule has 5 heterocycles. The Morgan fingerprint density at radius 3 is 2.68 bits per heavy atom. The van der Waals surface area contributed by atoms with E-state index in [0.29, 0.717) is 36.5 Å². The van der Waals surface area contributed by atoms with E-state index in [0.717, 1.165) is 28.0 Å². The summed E-state index contributed by atoms with van der Waals surface area (Å²) in [6.07, 6.45) is 5.18. The second kappa shape index (κ2) is 7.05. The van der Waals surface area contributed by atoms with Crippen LogP contribution in [-0.2, 0) is 0 Å². The van der Waals surface area contributed by atoms with Gasteiger partial charge in [-0.15, -0.1) is 0 Å². The smallest absolute Gasteiger partial charge is 0.407 e. The maximum atomic E-state index is 12.9. The molecular formula is C22H20N6O3. The lowest BCUT2D eigenvalue weighted by molar-refractivity contribution is 0.150. The summed E-state index contributed by atoms with van der Waals surface area (Å²) in [7, 11) is 0. The second-order valence-corrected chi connectivity index (χ2v) is 7.66. The maximum Gasteiger partial charge on any atom is 0.407 e. The number of hydrogen-bond donors (Lipinski definition) is 1. The van der Waals surface area contributed by atoms with Crippen LogP contribution in [0.4, 0.5) is 4.79 Å². The van der Waals surface area contributed by atoms with Crippen molar-refractivity contribution in [2.75, 3.05) is 13.1 Å². The minimum Gasteiger partial charge on any atom is -0.465 e. The molecule has 1 N–H and O–H groups in total. The quantitative estimate of drug-likeness (QED) is 0.539. The predicted octanol–water partition coefficient (Wildman–Crippen LogP) is 2.79. The van der Waals surface area contributed by atoms with E-state index in [1.165, 1.54) is 15.4 Å². The zero-order chi connectivity index (χ0) is 21.7. The Kier molecular flexibility index (Phi) is 4.32. The molecule has 156 valence electrons. The van der Waals surface area contributed by atoms with E-state index in [9.17, 15) is 9.59 Å². The Balaban J connectivity index is 1.54. The van der Waals surface area contributed by atoms with Gasteiger partial charge in [0.15, 0.2) is 0 Å². The summed E-state index contributed by atoms with van der Waals surface area (Å²) in [5, 5.41) is 13.7. The van der Waals surface area contributed by atoms with Gasteiger partial charge in [-0.2, -0.15) is 5.10 Å². The highest BCUT2D eigenvalue weighted by molar-refractivity contribution is 5.72. The van der Waals surface area contributed by atoms with Gasteiger partial charge in [-0.05, 0) is 49.6 Å². The number of aryl methyl sites for hydroxylation is 2. The number of nitrogens with zero attached hydrogens (tertiary/aromatic N) is 6. The summed E-state index contributed by atoms with van der Waals surface area (Å²) in [4.78, 5) is 34.4. The topological polar surface area (TPSA) is 105 Å². The summed E-state index contributed by atoms with van der Waals surface area (Å²) in [6, 6.07) is 7.08. The van der Waals surface area contributed by atoms with Gasteiger partial charge in [-0.3, -0.25) is 14.2 Å². The Morgan fingerprint density at radius 2 is 1.94 bits per heavy atom. The fourth-order valence-electron chi connectivity index (χ4n) is 3.94. The van der Waals surface area contributed by atoms with Gasteiger partial charge in [0, 0.05) is 25.4 Å². The lowest BCUT2D eigenvalue weighted by atomic mass is 10.0. The van der Waals surface area contributed by atoms with Gasteiger partial charge in [-0.25, -0.2) is 14.3 Å². The zero-order valence-electron chi connectivity index (χ0n) is 17.1. The first-order valence-corrected chi connectivity index (χ1v) is 9.94. The van der Waals surface area contributed by atoms with Gasteiger partial charge in [0.1, 0.15) is 11.3 Å². The van der Waals surface area contributed by atoms with Crippen LogP contribution in [0.2, 0.25) is 0 Å². The lowest BCUT2D eigenvalue weighted by Gasteiger charge is -2.23. The molecule has 0 aliphatic carbocycles. The van der Waals surface area contributed by atoms with Crippen molar-refractivity contribution in [3.63, 3.8) is 0 Å². The molecular weight excluding hydrogens is 396 g/mol. The maximum absolute atomic E-state index is 12.9. The van der Waals surface area contributed by atoms with Crippen LogP contribution in [0.15, 0.2) is 47.5 Å². The minimum absolute atomic E-state index is 0.200. The predicted molar refractivity (Wildman–Crippen MR) is 115 cm³/mol. The van der Waals surface area contributed by atoms with Crippen molar-refractivity contribution in [2.45, 2.75) is 20.3 Å². The van der Waals surface area contributed by atoms with Crippen molar-refractivity contribution in [3.05, 3.63) is 70.0 Å². The van der Waals surface area contributed by atoms with E-state index in [1.54, 1.807) is 16.8 Å². The normalized spacial score (nSPS) is 14.3. The molecule has 0 saturated heterocycles. The molecule has 1 amide bonds. The van der Waals surface area contributed by atoms with Gasteiger partial charge in [0.2, 0.25) is 0 Å². The summed E-state index contributed by atoms with van der Waals surface area (Å²) in [6.45, 7) is 4.62. The molecule has 1 aliphatic rings. The molecule has 0 unspecified atom stereocenters. The molecule has 9 heteroatoms. The van der Waals surface area contributed by atoms with E-state index >= 15 is 0 Å². The fraction of sp³-hybridized carbons (Fsp3) is 0.227. The molecule has 0 fully saturated rings. The first kappa shape index (κ1) is 19.0. The molecule has 0 radical (unpaired) electrons. The molecule has 0 atom stereocenters. The van der Waals surface area contributed by atoms with Crippen molar-refractivity contribution in [1.29, 1.82) is 0 Å². The molecule has 1 aliphatic heterocycles. The molecule has 9 nitrogen and oxygen atoms in total. The Labute approximate surface area is 176 Å². The van der Waals surface area contributed by atoms with Crippen LogP contribution in [0.5, 0.6) is 0 Å². The molecule has 0 aromatic carbocycles. The number of carbonyl (C=O) groups is 1. The van der Waals surface area contributed by atoms with Gasteiger partial charge in [-0.1, -0.05) is 6.08 Å². The van der Waals surface area contributed by atoms with Gasteiger partial charge >= 0.3 is 6.09 Å². The van der Waals surface area contributed by atoms with Crippen molar-refractivity contribution in [3.8, 4) is 11.4 Å². The van der Waals surface area contributed by atoms with Gasteiger partial charge < -0.3 is 10.0 Å². The largest absolute Gasteiger partial charge is 0.465 e. The number of hydrogen-bond acceptors (Lipinski definition) is 5. The second-order valence-electron chi connectivity index (χ2n) is 7.66. The SMILES string of the molecule is Cc1cn2nc(-c3cc(=O)n4cc(C5=CCN(C(=O)O)CC5)ccc4n3)cc2c(C)n1. The third kappa shape index (κ3) is 3.33. The highest BCUT2D eigenvalue weighted by Crippen LogP contribution is 2.23. The zero-order valence-corrected chi connectivity index (χ0v) is 17.1. The molecule has 0 saturated carbocycles. The lowest BCUT2D eigenvalue weighted by Crippen LogP contribution is -2.33. The summed E-state index contributed by atoms with van der Waals surface area (Å²) in [5.41, 5.74) is 5.96. The minimum atomic E-state index is -0.921. The first-order valence-electron chi connectivity index (χ1n) is 9.94. The summed E-state index contributed by atoms with van der Waals surface area (Å²) >= 11 is 0. The molecule has 4 aromatic heterocycles. The third-order valence-corrected chi connectivity index (χ3v) is 5.53. The average Bonchev–Trinajstić information content (AvgIpc) is 3.18. The number of fused-ring (bicyclic) bond motifs is 2. The number of aromatic nitrogens is 5. The van der Waals surface area contributed by atoms with Crippen LogP contribution in [0.25, 0.3) is 28.1 Å². The van der Waals surface area contributed by atoms with Crippen LogP contribution >= 0.6 is 0 Å². The van der Waals surface area contributed by atoms with Crippen molar-refractivity contribution < 1.29 is 9.90 Å². The highest BCUT2D eigenvalue weighted by atomic mass is 16.4. The number of carboxylic acid groups (broad SMARTS) is 1. The molecule has 31 heavy (non-hydrogen) atoms. The van der Waals surface area contributed by atoms with Crippen LogP contribution in [0, 0.1) is 13.8 Å². The molecule has 0 bridgehead atoms. The highest BCUT2D eigenvalue weighted by Gasteiger charge is 2.17. The monoisotopic (exact) mass is 416 g/mol. The molecule has 5 rings (SSSR count). The third-order valence-electron chi connectivity index (χ3n) is 5.53. The summed E-state index contributed by atoms with van der Waals surface area (Å²) in [5.74, 6) is 0. The Bertz CT molecular complexity index is 1450. The van der Waals surface area contributed by atoms with E-state index in [-0.39, 0.29) is 5.56 Å². The Morgan fingerprint density at radius 1 is 1.10 bits per heavy atom. The van der Waals surface area contributed by atoms with Gasteiger partial charge in [0.05, 0.1) is 28.8 Å². The van der Waals surface area contributed by atoms with Crippen molar-refractivity contribution in [1.82, 2.24) is 28.9 Å². The molecule has 4 aromatic rings. The van der Waals surface area contributed by atoms with E-state index in [2.05, 4.69) is 15.1 Å². The Hall–Kier alpha value is -4.01. The fourth-order valence-corrected chi connectivity index (χ4v) is 3.94. The number of pyridine rings is 1. The van der Waals surface area contributed by atoms with E-state index in [1.807, 2.05) is 38.3 Å². The van der Waals surface area contributed by atoms with Crippen LogP contribution < -0.4 is 5.56 Å².